The minimum absolute atomic E-state index is 0.132. The average molecular weight is 418 g/mol. The summed E-state index contributed by atoms with van der Waals surface area (Å²) in [6, 6.07) is 9.42. The minimum Gasteiger partial charge on any atom is -0.507 e. The molecule has 2 nitrogen and oxygen atoms in total. The number of aryl methyl sites for hydroxylation is 1. The molecule has 0 aliphatic rings. The zero-order valence-corrected chi connectivity index (χ0v) is 20.3. The van der Waals surface area contributed by atoms with E-state index in [4.69, 9.17) is 0 Å². The van der Waals surface area contributed by atoms with Gasteiger partial charge in [0.25, 0.3) is 0 Å². The van der Waals surface area contributed by atoms with Gasteiger partial charge >= 0.3 is 0 Å². The third-order valence-electron chi connectivity index (χ3n) is 5.71. The Balaban J connectivity index is 2.64. The third kappa shape index (κ3) is 5.38. The van der Waals surface area contributed by atoms with Crippen molar-refractivity contribution in [2.75, 3.05) is 14.1 Å². The lowest BCUT2D eigenvalue weighted by atomic mass is 9.81. The van der Waals surface area contributed by atoms with Crippen molar-refractivity contribution >= 4 is 13.9 Å². The van der Waals surface area contributed by atoms with Crippen LogP contribution in [0.25, 0.3) is 0 Å². The zero-order chi connectivity index (χ0) is 22.0. The fourth-order valence-corrected chi connectivity index (χ4v) is 5.68. The average Bonchev–Trinajstić information content (AvgIpc) is 2.62. The summed E-state index contributed by atoms with van der Waals surface area (Å²) in [7, 11) is 4.47. The number of phenolic OH excluding ortho intramolecular Hbond substituents is 1. The first kappa shape index (κ1) is 23.8. The topological polar surface area (TPSA) is 23.5 Å². The van der Waals surface area contributed by atoms with Crippen LogP contribution >= 0.6 is 8.58 Å². The molecule has 1 unspecified atom stereocenters. The van der Waals surface area contributed by atoms with Crippen molar-refractivity contribution in [1.29, 1.82) is 0 Å². The van der Waals surface area contributed by atoms with E-state index in [-0.39, 0.29) is 16.4 Å². The van der Waals surface area contributed by atoms with E-state index in [0.717, 1.165) is 29.5 Å². The molecule has 4 heteroatoms. The van der Waals surface area contributed by atoms with E-state index in [1.54, 1.807) is 12.1 Å². The number of nitrogens with zero attached hydrogens (tertiary/aromatic N) is 1. The second-order valence-corrected chi connectivity index (χ2v) is 11.2. The maximum absolute atomic E-state index is 14.0. The van der Waals surface area contributed by atoms with Gasteiger partial charge in [-0.25, -0.2) is 4.39 Å². The van der Waals surface area contributed by atoms with Crippen molar-refractivity contribution in [3.05, 3.63) is 58.4 Å². The third-order valence-corrected chi connectivity index (χ3v) is 7.92. The minimum atomic E-state index is -0.192. The molecule has 0 heterocycles. The van der Waals surface area contributed by atoms with Crippen molar-refractivity contribution in [2.24, 2.45) is 0 Å². The lowest BCUT2D eigenvalue weighted by molar-refractivity contribution is 0.402. The number of aromatic hydroxyl groups is 1. The van der Waals surface area contributed by atoms with Gasteiger partial charge in [-0.1, -0.05) is 67.0 Å². The predicted molar refractivity (Wildman–Crippen MR) is 126 cm³/mol. The van der Waals surface area contributed by atoms with Crippen LogP contribution in [0.2, 0.25) is 0 Å². The molecule has 0 amide bonds. The first-order valence-corrected chi connectivity index (χ1v) is 11.5. The van der Waals surface area contributed by atoms with Crippen LogP contribution < -0.4 is 5.30 Å². The first-order chi connectivity index (χ1) is 13.4. The van der Waals surface area contributed by atoms with E-state index >= 15 is 0 Å². The summed E-state index contributed by atoms with van der Waals surface area (Å²) in [6.45, 7) is 13.6. The van der Waals surface area contributed by atoms with Gasteiger partial charge < -0.3 is 10.0 Å². The van der Waals surface area contributed by atoms with Crippen molar-refractivity contribution in [1.82, 2.24) is 4.90 Å². The van der Waals surface area contributed by atoms with E-state index in [9.17, 15) is 9.50 Å². The fraction of sp³-hybridized carbons (Fsp3) is 0.520. The summed E-state index contributed by atoms with van der Waals surface area (Å²) in [6.07, 6.45) is 1.84. The molecule has 2 aromatic carbocycles. The second kappa shape index (κ2) is 9.14. The van der Waals surface area contributed by atoms with Crippen molar-refractivity contribution in [2.45, 2.75) is 71.5 Å². The Kier molecular flexibility index (Phi) is 7.52. The second-order valence-electron chi connectivity index (χ2n) is 9.41. The number of halogens is 1. The molecule has 0 aromatic heterocycles. The van der Waals surface area contributed by atoms with Gasteiger partial charge in [0.2, 0.25) is 0 Å². The quantitative estimate of drug-likeness (QED) is 0.541. The van der Waals surface area contributed by atoms with Gasteiger partial charge in [-0.2, -0.15) is 0 Å². The maximum Gasteiger partial charge on any atom is 0.123 e. The molecule has 0 aliphatic heterocycles. The molecule has 2 aromatic rings. The summed E-state index contributed by atoms with van der Waals surface area (Å²) in [5.74, 6) is 0.234. The number of benzene rings is 2. The zero-order valence-electron chi connectivity index (χ0n) is 19.3. The Hall–Kier alpha value is -1.44. The molecule has 0 fully saturated rings. The maximum atomic E-state index is 14.0. The van der Waals surface area contributed by atoms with E-state index < -0.39 is 0 Å². The van der Waals surface area contributed by atoms with Gasteiger partial charge in [-0.15, -0.1) is 0 Å². The normalized spacial score (nSPS) is 13.0. The van der Waals surface area contributed by atoms with Crippen molar-refractivity contribution in [3.63, 3.8) is 0 Å². The van der Waals surface area contributed by atoms with E-state index in [2.05, 4.69) is 58.6 Å². The van der Waals surface area contributed by atoms with Crippen molar-refractivity contribution in [3.8, 4) is 5.75 Å². The SMILES string of the molecule is CCC(CC)(Pc1ccc(F)cc1CN(C)C)c1cc(C)cc(C(C)(C)C)c1O. The summed E-state index contributed by atoms with van der Waals surface area (Å²) < 4.78 is 14.0. The van der Waals surface area contributed by atoms with Gasteiger partial charge in [-0.05, 0) is 67.8 Å². The highest BCUT2D eigenvalue weighted by molar-refractivity contribution is 7.48. The van der Waals surface area contributed by atoms with E-state index in [0.29, 0.717) is 20.9 Å². The Bertz CT molecular complexity index is 851. The monoisotopic (exact) mass is 417 g/mol. The van der Waals surface area contributed by atoms with Crippen LogP contribution in [0.3, 0.4) is 0 Å². The number of rotatable bonds is 7. The molecule has 160 valence electrons. The van der Waals surface area contributed by atoms with Gasteiger partial charge in [0.1, 0.15) is 11.6 Å². The summed E-state index contributed by atoms with van der Waals surface area (Å²) in [5, 5.41) is 12.3. The molecule has 0 radical (unpaired) electrons. The Labute approximate surface area is 178 Å². The molecule has 0 saturated carbocycles. The van der Waals surface area contributed by atoms with Crippen LogP contribution in [-0.4, -0.2) is 24.1 Å². The van der Waals surface area contributed by atoms with Crippen LogP contribution in [0.5, 0.6) is 5.75 Å². The largest absolute Gasteiger partial charge is 0.507 e. The molecular weight excluding hydrogens is 380 g/mol. The molecule has 0 saturated heterocycles. The number of phenols is 1. The lowest BCUT2D eigenvalue weighted by Crippen LogP contribution is -2.26. The summed E-state index contributed by atoms with van der Waals surface area (Å²) in [4.78, 5) is 2.07. The van der Waals surface area contributed by atoms with Crippen LogP contribution in [-0.2, 0) is 17.1 Å². The first-order valence-electron chi connectivity index (χ1n) is 10.5. The summed E-state index contributed by atoms with van der Waals surface area (Å²) >= 11 is 0. The lowest BCUT2D eigenvalue weighted by Gasteiger charge is -2.36. The highest BCUT2D eigenvalue weighted by Crippen LogP contribution is 2.52. The van der Waals surface area contributed by atoms with Gasteiger partial charge in [0, 0.05) is 17.3 Å². The molecule has 1 N–H and O–H groups in total. The van der Waals surface area contributed by atoms with Crippen molar-refractivity contribution < 1.29 is 9.50 Å². The molecule has 0 bridgehead atoms. The molecule has 29 heavy (non-hydrogen) atoms. The van der Waals surface area contributed by atoms with Crippen LogP contribution in [0, 0.1) is 12.7 Å². The molecule has 2 rings (SSSR count). The van der Waals surface area contributed by atoms with Crippen LogP contribution in [0.1, 0.15) is 69.7 Å². The fourth-order valence-electron chi connectivity index (χ4n) is 4.00. The standard InChI is InChI=1S/C25H37FNOP/c1-9-25(10-2,21-14-17(3)13-20(23(21)28)24(4,5)6)29-22-12-11-19(26)15-18(22)16-27(7)8/h11-15,28-29H,9-10,16H2,1-8H3. The van der Waals surface area contributed by atoms with Gasteiger partial charge in [0.05, 0.1) is 0 Å². The Morgan fingerprint density at radius 1 is 1.00 bits per heavy atom. The smallest absolute Gasteiger partial charge is 0.123 e. The van der Waals surface area contributed by atoms with Gasteiger partial charge in [0.15, 0.2) is 0 Å². The Morgan fingerprint density at radius 3 is 2.10 bits per heavy atom. The van der Waals surface area contributed by atoms with Crippen LogP contribution in [0.15, 0.2) is 30.3 Å². The highest BCUT2D eigenvalue weighted by Gasteiger charge is 2.35. The van der Waals surface area contributed by atoms with E-state index in [1.165, 1.54) is 10.9 Å². The van der Waals surface area contributed by atoms with Gasteiger partial charge in [-0.3, -0.25) is 0 Å². The Morgan fingerprint density at radius 2 is 1.59 bits per heavy atom. The predicted octanol–water partition coefficient (Wildman–Crippen LogP) is 6.22. The summed E-state index contributed by atoms with van der Waals surface area (Å²) in [5.41, 5.74) is 4.10. The van der Waals surface area contributed by atoms with Crippen LogP contribution in [0.4, 0.5) is 4.39 Å². The number of hydrogen-bond donors (Lipinski definition) is 1. The molecule has 1 atom stereocenters. The highest BCUT2D eigenvalue weighted by atomic mass is 31.1. The number of hydrogen-bond acceptors (Lipinski definition) is 2. The molecule has 0 spiro atoms. The molecule has 0 aliphatic carbocycles. The molecular formula is C25H37FNOP. The van der Waals surface area contributed by atoms with E-state index in [1.807, 2.05) is 20.2 Å².